The number of benzene rings is 2. The van der Waals surface area contributed by atoms with Gasteiger partial charge in [0.05, 0.1) is 45.5 Å². The Balaban J connectivity index is 1.79. The van der Waals surface area contributed by atoms with Crippen molar-refractivity contribution in [1.29, 1.82) is 0 Å². The molecule has 0 unspecified atom stereocenters. The van der Waals surface area contributed by atoms with Crippen LogP contribution in [-0.4, -0.2) is 33.4 Å². The Hall–Kier alpha value is -3.04. The van der Waals surface area contributed by atoms with Gasteiger partial charge in [-0.2, -0.15) is 0 Å². The Kier molecular flexibility index (Phi) is 6.74. The summed E-state index contributed by atoms with van der Waals surface area (Å²) in [6.07, 6.45) is 2.51. The summed E-state index contributed by atoms with van der Waals surface area (Å²) in [6, 6.07) is 11.9. The van der Waals surface area contributed by atoms with Crippen LogP contribution in [0.25, 0.3) is 0 Å². The van der Waals surface area contributed by atoms with Crippen molar-refractivity contribution < 1.29 is 23.8 Å². The lowest BCUT2D eigenvalue weighted by atomic mass is 9.88. The highest BCUT2D eigenvalue weighted by molar-refractivity contribution is 6.30. The van der Waals surface area contributed by atoms with E-state index in [-0.39, 0.29) is 23.3 Å². The fourth-order valence-corrected chi connectivity index (χ4v) is 5.36. The minimum atomic E-state index is -1.80. The second-order valence-corrected chi connectivity index (χ2v) is 11.6. The molecular weight excluding hydrogens is 544 g/mol. The number of nitrogens with two attached hydrogens (primary N) is 1. The average molecular weight is 572 g/mol. The standard InChI is InChI=1S/C29H28Cl2FN3O4/c1-16(23-9-8-20(31)14-34-23)35-25(36)21-12-18(27(2,3)38)13-22(32)24(21)29(35,17-4-6-19(30)7-5-17)39-15-28(10-11-28)26(33)37/h4-9,12-14,16,38H,10-11,15H2,1-3H3,(H2,33,37)/t16-,29+/m0/s1. The molecule has 0 spiro atoms. The van der Waals surface area contributed by atoms with E-state index in [1.807, 2.05) is 0 Å². The number of carbonyl (C=O) groups excluding carboxylic acids is 2. The van der Waals surface area contributed by atoms with Crippen molar-refractivity contribution in [3.8, 4) is 0 Å². The van der Waals surface area contributed by atoms with E-state index in [0.717, 1.165) is 0 Å². The molecule has 10 heteroatoms. The van der Waals surface area contributed by atoms with E-state index in [9.17, 15) is 14.7 Å². The van der Waals surface area contributed by atoms with Gasteiger partial charge in [0.25, 0.3) is 5.91 Å². The van der Waals surface area contributed by atoms with Crippen LogP contribution >= 0.6 is 23.2 Å². The van der Waals surface area contributed by atoms with Crippen molar-refractivity contribution in [2.75, 3.05) is 6.61 Å². The zero-order chi connectivity index (χ0) is 28.3. The summed E-state index contributed by atoms with van der Waals surface area (Å²) < 4.78 is 22.9. The van der Waals surface area contributed by atoms with Gasteiger partial charge in [-0.05, 0) is 75.6 Å². The smallest absolute Gasteiger partial charge is 0.257 e. The molecule has 3 N–H and O–H groups in total. The number of aliphatic hydroxyl groups is 1. The summed E-state index contributed by atoms with van der Waals surface area (Å²) in [6.45, 7) is 4.64. The summed E-state index contributed by atoms with van der Waals surface area (Å²) in [5.41, 5.74) is 2.72. The van der Waals surface area contributed by atoms with Crippen LogP contribution in [0.15, 0.2) is 54.7 Å². The highest BCUT2D eigenvalue weighted by Gasteiger charge is 2.59. The Morgan fingerprint density at radius 3 is 2.36 bits per heavy atom. The van der Waals surface area contributed by atoms with Crippen molar-refractivity contribution in [2.24, 2.45) is 11.1 Å². The molecule has 2 aromatic carbocycles. The number of aromatic nitrogens is 1. The molecule has 2 atom stereocenters. The minimum Gasteiger partial charge on any atom is -0.386 e. The Bertz CT molecular complexity index is 1450. The molecule has 0 radical (unpaired) electrons. The van der Waals surface area contributed by atoms with Gasteiger partial charge in [0.2, 0.25) is 11.6 Å². The van der Waals surface area contributed by atoms with E-state index in [1.165, 1.54) is 37.1 Å². The first-order valence-electron chi connectivity index (χ1n) is 12.5. The average Bonchev–Trinajstić information content (AvgIpc) is 3.63. The van der Waals surface area contributed by atoms with E-state index >= 15 is 4.39 Å². The van der Waals surface area contributed by atoms with E-state index in [4.69, 9.17) is 33.7 Å². The number of carbonyl (C=O) groups is 2. The maximum absolute atomic E-state index is 16.3. The van der Waals surface area contributed by atoms with Crippen LogP contribution in [0.2, 0.25) is 10.0 Å². The maximum Gasteiger partial charge on any atom is 0.257 e. The van der Waals surface area contributed by atoms with Crippen LogP contribution in [0.3, 0.4) is 0 Å². The van der Waals surface area contributed by atoms with Gasteiger partial charge in [-0.15, -0.1) is 0 Å². The van der Waals surface area contributed by atoms with Gasteiger partial charge < -0.3 is 15.6 Å². The minimum absolute atomic E-state index is 0.0242. The number of nitrogens with zero attached hydrogens (tertiary/aromatic N) is 2. The number of amides is 2. The number of fused-ring (bicyclic) bond motifs is 1. The number of ether oxygens (including phenoxy) is 1. The summed E-state index contributed by atoms with van der Waals surface area (Å²) in [7, 11) is 0. The molecule has 1 aliphatic carbocycles. The Morgan fingerprint density at radius 2 is 1.82 bits per heavy atom. The number of hydrogen-bond acceptors (Lipinski definition) is 5. The molecule has 0 bridgehead atoms. The molecule has 1 saturated carbocycles. The molecule has 7 nitrogen and oxygen atoms in total. The first-order valence-corrected chi connectivity index (χ1v) is 13.3. The predicted octanol–water partition coefficient (Wildman–Crippen LogP) is 5.46. The second kappa shape index (κ2) is 9.55. The highest BCUT2D eigenvalue weighted by Crippen LogP contribution is 2.54. The highest BCUT2D eigenvalue weighted by atomic mass is 35.5. The molecule has 2 amide bonds. The van der Waals surface area contributed by atoms with E-state index in [1.54, 1.807) is 43.3 Å². The number of hydrogen-bond donors (Lipinski definition) is 2. The largest absolute Gasteiger partial charge is 0.386 e. The molecule has 2 aliphatic rings. The number of primary amides is 1. The van der Waals surface area contributed by atoms with E-state index in [2.05, 4.69) is 4.98 Å². The summed E-state index contributed by atoms with van der Waals surface area (Å²) in [4.78, 5) is 32.4. The van der Waals surface area contributed by atoms with Gasteiger partial charge >= 0.3 is 0 Å². The summed E-state index contributed by atoms with van der Waals surface area (Å²) >= 11 is 12.3. The lowest BCUT2D eigenvalue weighted by Crippen LogP contribution is -2.50. The first kappa shape index (κ1) is 27.5. The van der Waals surface area contributed by atoms with Crippen LogP contribution < -0.4 is 5.73 Å². The summed E-state index contributed by atoms with van der Waals surface area (Å²) in [5, 5.41) is 11.5. The normalized spacial score (nSPS) is 20.6. The quantitative estimate of drug-likeness (QED) is 0.373. The number of rotatable bonds is 8. The lowest BCUT2D eigenvalue weighted by molar-refractivity contribution is -0.147. The molecule has 1 aliphatic heterocycles. The number of pyridine rings is 1. The fourth-order valence-electron chi connectivity index (χ4n) is 5.12. The van der Waals surface area contributed by atoms with E-state index in [0.29, 0.717) is 34.1 Å². The molecule has 3 aromatic rings. The third-order valence-corrected chi connectivity index (χ3v) is 8.13. The molecule has 2 heterocycles. The summed E-state index contributed by atoms with van der Waals surface area (Å²) in [5.74, 6) is -1.79. The monoisotopic (exact) mass is 571 g/mol. The third kappa shape index (κ3) is 4.59. The zero-order valence-corrected chi connectivity index (χ0v) is 23.2. The molecule has 1 aromatic heterocycles. The van der Waals surface area contributed by atoms with Gasteiger partial charge in [-0.1, -0.05) is 35.3 Å². The Labute approximate surface area is 235 Å². The molecule has 39 heavy (non-hydrogen) atoms. The van der Waals surface area contributed by atoms with Crippen LogP contribution in [0.1, 0.15) is 72.4 Å². The number of halogens is 3. The van der Waals surface area contributed by atoms with Crippen LogP contribution in [0, 0.1) is 11.2 Å². The lowest BCUT2D eigenvalue weighted by Gasteiger charge is -2.43. The maximum atomic E-state index is 16.3. The van der Waals surface area contributed by atoms with Crippen molar-refractivity contribution >= 4 is 35.0 Å². The van der Waals surface area contributed by atoms with Crippen LogP contribution in [0.4, 0.5) is 4.39 Å². The molecule has 5 rings (SSSR count). The molecule has 1 fully saturated rings. The molecule has 0 saturated heterocycles. The van der Waals surface area contributed by atoms with Gasteiger partial charge in [0.1, 0.15) is 5.82 Å². The SMILES string of the molecule is C[C@@H](c1ccc(Cl)cn1)N1C(=O)c2cc(C(C)(C)O)cc(F)c2[C@]1(OCC1(C(N)=O)CC1)c1ccc(Cl)cc1. The fraction of sp³-hybridized carbons (Fsp3) is 0.345. The first-order chi connectivity index (χ1) is 18.3. The van der Waals surface area contributed by atoms with Crippen molar-refractivity contribution in [3.63, 3.8) is 0 Å². The van der Waals surface area contributed by atoms with Crippen molar-refractivity contribution in [2.45, 2.75) is 51.0 Å². The Morgan fingerprint density at radius 1 is 1.18 bits per heavy atom. The van der Waals surface area contributed by atoms with Crippen LogP contribution in [-0.2, 0) is 20.9 Å². The predicted molar refractivity (Wildman–Crippen MR) is 145 cm³/mol. The van der Waals surface area contributed by atoms with Gasteiger partial charge in [0.15, 0.2) is 0 Å². The van der Waals surface area contributed by atoms with Crippen molar-refractivity contribution in [1.82, 2.24) is 9.88 Å². The van der Waals surface area contributed by atoms with Crippen LogP contribution in [0.5, 0.6) is 0 Å². The van der Waals surface area contributed by atoms with E-state index < -0.39 is 40.4 Å². The van der Waals surface area contributed by atoms with Gasteiger partial charge in [0, 0.05) is 16.8 Å². The zero-order valence-electron chi connectivity index (χ0n) is 21.7. The third-order valence-electron chi connectivity index (χ3n) is 7.66. The molecule has 204 valence electrons. The topological polar surface area (TPSA) is 106 Å². The van der Waals surface area contributed by atoms with Crippen molar-refractivity contribution in [3.05, 3.63) is 98.5 Å². The second-order valence-electron chi connectivity index (χ2n) is 10.8. The van der Waals surface area contributed by atoms with Gasteiger partial charge in [-0.3, -0.25) is 19.5 Å². The van der Waals surface area contributed by atoms with Gasteiger partial charge in [-0.25, -0.2) is 4.39 Å². The molecular formula is C29H28Cl2FN3O4.